The van der Waals surface area contributed by atoms with Crippen LogP contribution >= 0.6 is 0 Å². The first-order valence-electron chi connectivity index (χ1n) is 4.07. The number of nitrogen functional groups attached to an aromatic ring is 2. The fourth-order valence-corrected chi connectivity index (χ4v) is 0.881. The summed E-state index contributed by atoms with van der Waals surface area (Å²) >= 11 is 0. The normalized spacial score (nSPS) is 9.86. The van der Waals surface area contributed by atoms with Crippen molar-refractivity contribution in [3.63, 3.8) is 0 Å². The van der Waals surface area contributed by atoms with Crippen LogP contribution in [0, 0.1) is 0 Å². The Hall–Kier alpha value is -1.76. The molecule has 78 valence electrons. The van der Waals surface area contributed by atoms with E-state index in [1.807, 2.05) is 0 Å². The van der Waals surface area contributed by atoms with Crippen molar-refractivity contribution in [2.45, 2.75) is 6.92 Å². The fraction of sp³-hybridized carbons (Fsp3) is 0.429. The number of aromatic nitrogens is 2. The number of nitrogens with zero attached hydrogens (tertiary/aromatic N) is 2. The predicted octanol–water partition coefficient (Wildman–Crippen LogP) is -0.665. The predicted molar refractivity (Wildman–Crippen MR) is 51.7 cm³/mol. The highest BCUT2D eigenvalue weighted by Crippen LogP contribution is 2.28. The van der Waals surface area contributed by atoms with E-state index in [9.17, 15) is 0 Å². The number of anilines is 2. The van der Waals surface area contributed by atoms with Crippen molar-refractivity contribution >= 4 is 11.6 Å². The lowest BCUT2D eigenvalue weighted by atomic mass is 10.5. The Morgan fingerprint density at radius 3 is 2.21 bits per heavy atom. The third-order valence-electron chi connectivity index (χ3n) is 1.39. The Balaban J connectivity index is 3.04. The van der Waals surface area contributed by atoms with E-state index in [0.29, 0.717) is 6.61 Å². The molecule has 14 heavy (non-hydrogen) atoms. The van der Waals surface area contributed by atoms with Crippen LogP contribution in [-0.4, -0.2) is 23.3 Å². The molecule has 7 nitrogen and oxygen atoms in total. The molecule has 0 atom stereocenters. The monoisotopic (exact) mass is 199 g/mol. The van der Waals surface area contributed by atoms with Crippen molar-refractivity contribution in [2.24, 2.45) is 5.73 Å². The SMILES string of the molecule is CCOc1nc(N)nc(OCN)c1N. The maximum Gasteiger partial charge on any atom is 0.247 e. The van der Waals surface area contributed by atoms with Crippen LogP contribution in [-0.2, 0) is 0 Å². The summed E-state index contributed by atoms with van der Waals surface area (Å²) in [5, 5.41) is 0. The number of hydrogen-bond donors (Lipinski definition) is 3. The minimum Gasteiger partial charge on any atom is -0.476 e. The van der Waals surface area contributed by atoms with Crippen molar-refractivity contribution in [1.82, 2.24) is 9.97 Å². The summed E-state index contributed by atoms with van der Waals surface area (Å²) in [7, 11) is 0. The molecule has 0 unspecified atom stereocenters. The van der Waals surface area contributed by atoms with Gasteiger partial charge in [-0.25, -0.2) is 0 Å². The summed E-state index contributed by atoms with van der Waals surface area (Å²) in [6.07, 6.45) is 0. The van der Waals surface area contributed by atoms with Gasteiger partial charge in [0.05, 0.1) is 6.61 Å². The van der Waals surface area contributed by atoms with Crippen LogP contribution < -0.4 is 26.7 Å². The first kappa shape index (κ1) is 10.3. The standard InChI is InChI=1S/C7H13N5O2/c1-2-13-5-4(9)6(14-3-8)12-7(10)11-5/h2-3,8-9H2,1H3,(H2,10,11,12). The van der Waals surface area contributed by atoms with Gasteiger partial charge in [0.15, 0.2) is 5.69 Å². The average Bonchev–Trinajstić information content (AvgIpc) is 2.14. The molecule has 0 saturated carbocycles. The van der Waals surface area contributed by atoms with Crippen LogP contribution in [0.5, 0.6) is 11.8 Å². The molecule has 0 amide bonds. The zero-order valence-corrected chi connectivity index (χ0v) is 7.86. The molecule has 7 heteroatoms. The molecule has 0 saturated heterocycles. The molecule has 1 rings (SSSR count). The van der Waals surface area contributed by atoms with E-state index < -0.39 is 0 Å². The lowest BCUT2D eigenvalue weighted by molar-refractivity contribution is 0.305. The summed E-state index contributed by atoms with van der Waals surface area (Å²) in [4.78, 5) is 7.57. The lowest BCUT2D eigenvalue weighted by Gasteiger charge is -2.09. The second-order valence-corrected chi connectivity index (χ2v) is 2.35. The third kappa shape index (κ3) is 2.13. The van der Waals surface area contributed by atoms with Crippen LogP contribution in [0.3, 0.4) is 0 Å². The Labute approximate surface area is 81.2 Å². The maximum absolute atomic E-state index is 5.64. The minimum absolute atomic E-state index is 0.0334. The number of rotatable bonds is 4. The summed E-state index contributed by atoms with van der Waals surface area (Å²) in [5.74, 6) is 0.387. The van der Waals surface area contributed by atoms with Crippen LogP contribution in [0.15, 0.2) is 0 Å². The van der Waals surface area contributed by atoms with Gasteiger partial charge < -0.3 is 20.9 Å². The largest absolute Gasteiger partial charge is 0.476 e. The molecule has 1 aromatic heterocycles. The first-order chi connectivity index (χ1) is 6.69. The van der Waals surface area contributed by atoms with E-state index >= 15 is 0 Å². The number of ether oxygens (including phenoxy) is 2. The Morgan fingerprint density at radius 2 is 1.71 bits per heavy atom. The number of nitrogens with two attached hydrogens (primary N) is 3. The summed E-state index contributed by atoms with van der Waals surface area (Å²) < 4.78 is 10.1. The van der Waals surface area contributed by atoms with Gasteiger partial charge in [-0.2, -0.15) is 9.97 Å². The van der Waals surface area contributed by atoms with Gasteiger partial charge in [0, 0.05) is 0 Å². The van der Waals surface area contributed by atoms with Gasteiger partial charge in [-0.15, -0.1) is 0 Å². The van der Waals surface area contributed by atoms with Gasteiger partial charge in [-0.05, 0) is 6.92 Å². The smallest absolute Gasteiger partial charge is 0.247 e. The number of hydrogen-bond acceptors (Lipinski definition) is 7. The molecule has 0 aliphatic rings. The zero-order valence-electron chi connectivity index (χ0n) is 7.86. The van der Waals surface area contributed by atoms with Crippen molar-refractivity contribution < 1.29 is 9.47 Å². The topological polar surface area (TPSA) is 122 Å². The fourth-order valence-electron chi connectivity index (χ4n) is 0.881. The van der Waals surface area contributed by atoms with Crippen molar-refractivity contribution in [1.29, 1.82) is 0 Å². The van der Waals surface area contributed by atoms with Gasteiger partial charge in [-0.1, -0.05) is 0 Å². The second-order valence-electron chi connectivity index (χ2n) is 2.35. The molecular weight excluding hydrogens is 186 g/mol. The Bertz CT molecular complexity index is 290. The molecule has 0 radical (unpaired) electrons. The molecule has 0 fully saturated rings. The minimum atomic E-state index is -0.0355. The van der Waals surface area contributed by atoms with Crippen LogP contribution in [0.2, 0.25) is 0 Å². The zero-order chi connectivity index (χ0) is 10.6. The van der Waals surface area contributed by atoms with Crippen molar-refractivity contribution in [3.05, 3.63) is 0 Å². The van der Waals surface area contributed by atoms with Gasteiger partial charge in [0.25, 0.3) is 0 Å². The second kappa shape index (κ2) is 4.47. The van der Waals surface area contributed by atoms with E-state index in [4.69, 9.17) is 26.7 Å². The van der Waals surface area contributed by atoms with Crippen molar-refractivity contribution in [3.8, 4) is 11.8 Å². The van der Waals surface area contributed by atoms with Crippen LogP contribution in [0.1, 0.15) is 6.92 Å². The quantitative estimate of drug-likeness (QED) is 0.550. The maximum atomic E-state index is 5.64. The molecular formula is C7H13N5O2. The van der Waals surface area contributed by atoms with E-state index in [1.54, 1.807) is 6.92 Å². The Kier molecular flexibility index (Phi) is 3.29. The molecule has 0 aromatic carbocycles. The van der Waals surface area contributed by atoms with Gasteiger partial charge in [0.1, 0.15) is 6.73 Å². The van der Waals surface area contributed by atoms with Gasteiger partial charge in [0.2, 0.25) is 17.7 Å². The molecule has 0 aliphatic heterocycles. The van der Waals surface area contributed by atoms with Crippen LogP contribution in [0.4, 0.5) is 11.6 Å². The van der Waals surface area contributed by atoms with Crippen LogP contribution in [0.25, 0.3) is 0 Å². The van der Waals surface area contributed by atoms with Crippen molar-refractivity contribution in [2.75, 3.05) is 24.8 Å². The summed E-state index contributed by atoms with van der Waals surface area (Å²) in [6.45, 7) is 2.20. The third-order valence-corrected chi connectivity index (χ3v) is 1.39. The lowest BCUT2D eigenvalue weighted by Crippen LogP contribution is -2.12. The van der Waals surface area contributed by atoms with E-state index in [2.05, 4.69) is 9.97 Å². The van der Waals surface area contributed by atoms with Gasteiger partial charge >= 0.3 is 0 Å². The first-order valence-corrected chi connectivity index (χ1v) is 4.07. The molecule has 0 aliphatic carbocycles. The van der Waals surface area contributed by atoms with E-state index in [0.717, 1.165) is 0 Å². The van der Waals surface area contributed by atoms with Gasteiger partial charge in [-0.3, -0.25) is 5.73 Å². The molecule has 0 spiro atoms. The molecule has 6 N–H and O–H groups in total. The Morgan fingerprint density at radius 1 is 1.14 bits per heavy atom. The average molecular weight is 199 g/mol. The highest BCUT2D eigenvalue weighted by molar-refractivity contribution is 5.58. The molecule has 1 heterocycles. The summed E-state index contributed by atoms with van der Waals surface area (Å²) in [6, 6.07) is 0. The highest BCUT2D eigenvalue weighted by atomic mass is 16.5. The van der Waals surface area contributed by atoms with E-state index in [-0.39, 0.29) is 30.1 Å². The molecule has 0 bridgehead atoms. The highest BCUT2D eigenvalue weighted by Gasteiger charge is 2.12. The molecule has 1 aromatic rings. The summed E-state index contributed by atoms with van der Waals surface area (Å²) in [5.41, 5.74) is 16.4. The van der Waals surface area contributed by atoms with E-state index in [1.165, 1.54) is 0 Å².